The minimum absolute atomic E-state index is 0.227. The number of hydrogen-bond donors (Lipinski definition) is 0. The minimum atomic E-state index is -0.375. The van der Waals surface area contributed by atoms with Crippen molar-refractivity contribution in [1.29, 1.82) is 0 Å². The summed E-state index contributed by atoms with van der Waals surface area (Å²) in [6.45, 7) is 23.8. The van der Waals surface area contributed by atoms with Crippen molar-refractivity contribution in [2.24, 2.45) is 17.3 Å². The molecule has 0 amide bonds. The summed E-state index contributed by atoms with van der Waals surface area (Å²) in [5, 5.41) is 9.97. The van der Waals surface area contributed by atoms with E-state index in [0.717, 1.165) is 5.92 Å². The van der Waals surface area contributed by atoms with Crippen molar-refractivity contribution in [2.45, 2.75) is 128 Å². The number of rotatable bonds is 14. The molecule has 0 N–H and O–H groups in total. The maximum Gasteiger partial charge on any atom is 0.239 e. The number of nitrogens with zero attached hydrogens (tertiary/aromatic N) is 1. The SMILES string of the molecule is C/C(=C\C(C)C)[N+](=O)[O-].CCC(C)(C)C(C)CC/C=C(\C)CC/C=C(\C)CCCC=C(C)C. The van der Waals surface area contributed by atoms with E-state index in [1.165, 1.54) is 63.9 Å². The van der Waals surface area contributed by atoms with Crippen LogP contribution in [0.1, 0.15) is 128 Å². The zero-order valence-corrected chi connectivity index (χ0v) is 23.9. The third-order valence-corrected chi connectivity index (χ3v) is 6.56. The predicted molar refractivity (Wildman–Crippen MR) is 148 cm³/mol. The largest absolute Gasteiger partial charge is 0.259 e. The third kappa shape index (κ3) is 20.7. The van der Waals surface area contributed by atoms with Crippen LogP contribution in [-0.4, -0.2) is 4.92 Å². The van der Waals surface area contributed by atoms with E-state index < -0.39 is 0 Å². The van der Waals surface area contributed by atoms with E-state index in [0.29, 0.717) is 5.41 Å². The number of allylic oxidation sites excluding steroid dienone is 8. The molecule has 33 heavy (non-hydrogen) atoms. The molecular formula is C30H55NO2. The summed E-state index contributed by atoms with van der Waals surface area (Å²) in [5.74, 6) is 1.06. The van der Waals surface area contributed by atoms with Crippen molar-refractivity contribution in [3.8, 4) is 0 Å². The fraction of sp³-hybridized carbons (Fsp3) is 0.733. The molecule has 0 aromatic rings. The Morgan fingerprint density at radius 1 is 0.879 bits per heavy atom. The Balaban J connectivity index is 0. The monoisotopic (exact) mass is 461 g/mol. The smallest absolute Gasteiger partial charge is 0.239 e. The molecule has 3 heteroatoms. The standard InChI is InChI=1S/C24H44.C6H11NO2/c1-9-24(7,8)23(6)19-13-18-22(5)17-12-16-21(4)15-11-10-14-20(2)3;1-5(2)4-6(3)7(8)9/h14,16,18,23H,9-13,15,17,19H2,1-8H3;4-5H,1-3H3/b21-16+,22-18+;6-4+. The third-order valence-electron chi connectivity index (χ3n) is 6.56. The molecule has 0 aliphatic carbocycles. The highest BCUT2D eigenvalue weighted by Gasteiger charge is 2.22. The molecule has 0 aromatic carbocycles. The zero-order valence-electron chi connectivity index (χ0n) is 23.9. The van der Waals surface area contributed by atoms with E-state index in [-0.39, 0.29) is 16.5 Å². The molecule has 0 aliphatic rings. The highest BCUT2D eigenvalue weighted by Crippen LogP contribution is 2.33. The maximum atomic E-state index is 9.97. The van der Waals surface area contributed by atoms with Gasteiger partial charge in [-0.1, -0.05) is 82.9 Å². The Kier molecular flexibility index (Phi) is 19.1. The summed E-state index contributed by atoms with van der Waals surface area (Å²) in [6, 6.07) is 0. The van der Waals surface area contributed by atoms with Crippen molar-refractivity contribution in [3.63, 3.8) is 0 Å². The molecule has 0 saturated carbocycles. The Morgan fingerprint density at radius 3 is 1.88 bits per heavy atom. The molecule has 0 aliphatic heterocycles. The van der Waals surface area contributed by atoms with Crippen LogP contribution < -0.4 is 0 Å². The van der Waals surface area contributed by atoms with Crippen LogP contribution >= 0.6 is 0 Å². The van der Waals surface area contributed by atoms with Gasteiger partial charge in [-0.3, -0.25) is 10.1 Å². The molecule has 0 bridgehead atoms. The summed E-state index contributed by atoms with van der Waals surface area (Å²) in [4.78, 5) is 9.60. The summed E-state index contributed by atoms with van der Waals surface area (Å²) in [6.07, 6.45) is 18.9. The van der Waals surface area contributed by atoms with Gasteiger partial charge in [-0.05, 0) is 96.0 Å². The Bertz CT molecular complexity index is 659. The molecule has 1 unspecified atom stereocenters. The fourth-order valence-electron chi connectivity index (χ4n) is 3.38. The van der Waals surface area contributed by atoms with Crippen LogP contribution in [-0.2, 0) is 0 Å². The normalized spacial score (nSPS) is 14.0. The highest BCUT2D eigenvalue weighted by atomic mass is 16.6. The number of unbranched alkanes of at least 4 members (excludes halogenated alkanes) is 1. The van der Waals surface area contributed by atoms with E-state index in [4.69, 9.17) is 0 Å². The van der Waals surface area contributed by atoms with Crippen LogP contribution in [0.4, 0.5) is 0 Å². The van der Waals surface area contributed by atoms with E-state index in [9.17, 15) is 10.1 Å². The Labute approximate surface area is 206 Å². The van der Waals surface area contributed by atoms with Gasteiger partial charge in [-0.2, -0.15) is 0 Å². The average Bonchev–Trinajstić information content (AvgIpc) is 2.70. The summed E-state index contributed by atoms with van der Waals surface area (Å²) in [7, 11) is 0. The molecule has 0 rings (SSSR count). The van der Waals surface area contributed by atoms with Gasteiger partial charge in [0.2, 0.25) is 5.70 Å². The average molecular weight is 462 g/mol. The van der Waals surface area contributed by atoms with Gasteiger partial charge in [-0.15, -0.1) is 0 Å². The van der Waals surface area contributed by atoms with Crippen molar-refractivity contribution >= 4 is 0 Å². The summed E-state index contributed by atoms with van der Waals surface area (Å²) in [5.41, 5.74) is 5.26. The summed E-state index contributed by atoms with van der Waals surface area (Å²) < 4.78 is 0. The topological polar surface area (TPSA) is 43.1 Å². The van der Waals surface area contributed by atoms with Crippen molar-refractivity contribution < 1.29 is 4.92 Å². The van der Waals surface area contributed by atoms with Gasteiger partial charge in [-0.25, -0.2) is 0 Å². The molecule has 0 radical (unpaired) electrons. The zero-order chi connectivity index (χ0) is 26.0. The lowest BCUT2D eigenvalue weighted by Crippen LogP contribution is -2.20. The highest BCUT2D eigenvalue weighted by molar-refractivity contribution is 5.04. The first-order chi connectivity index (χ1) is 15.2. The first kappa shape index (κ1) is 33.5. The van der Waals surface area contributed by atoms with Gasteiger partial charge in [0.05, 0.1) is 4.92 Å². The van der Waals surface area contributed by atoms with Gasteiger partial charge in [0, 0.05) is 6.92 Å². The van der Waals surface area contributed by atoms with Crippen LogP contribution in [0.25, 0.3) is 0 Å². The lowest BCUT2D eigenvalue weighted by molar-refractivity contribution is -0.424. The van der Waals surface area contributed by atoms with Crippen LogP contribution in [0.5, 0.6) is 0 Å². The Hall–Kier alpha value is -1.64. The second-order valence-corrected chi connectivity index (χ2v) is 10.9. The van der Waals surface area contributed by atoms with Gasteiger partial charge in [0.15, 0.2) is 0 Å². The van der Waals surface area contributed by atoms with Crippen molar-refractivity contribution in [3.05, 3.63) is 56.8 Å². The second-order valence-electron chi connectivity index (χ2n) is 10.9. The van der Waals surface area contributed by atoms with Crippen LogP contribution in [0.2, 0.25) is 0 Å². The molecule has 3 nitrogen and oxygen atoms in total. The van der Waals surface area contributed by atoms with E-state index in [2.05, 4.69) is 73.6 Å². The molecule has 192 valence electrons. The van der Waals surface area contributed by atoms with Crippen LogP contribution in [0, 0.1) is 27.4 Å². The number of hydrogen-bond acceptors (Lipinski definition) is 2. The minimum Gasteiger partial charge on any atom is -0.259 e. The lowest BCUT2D eigenvalue weighted by atomic mass is 9.75. The first-order valence-corrected chi connectivity index (χ1v) is 13.0. The molecule has 0 aromatic heterocycles. The quantitative estimate of drug-likeness (QED) is 0.112. The molecular weight excluding hydrogens is 406 g/mol. The van der Waals surface area contributed by atoms with E-state index in [1.54, 1.807) is 17.2 Å². The van der Waals surface area contributed by atoms with Gasteiger partial charge in [0.1, 0.15) is 0 Å². The summed E-state index contributed by atoms with van der Waals surface area (Å²) >= 11 is 0. The lowest BCUT2D eigenvalue weighted by Gasteiger charge is -2.30. The van der Waals surface area contributed by atoms with Gasteiger partial charge in [0.25, 0.3) is 0 Å². The number of nitro groups is 1. The predicted octanol–water partition coefficient (Wildman–Crippen LogP) is 10.5. The van der Waals surface area contributed by atoms with E-state index in [1.807, 2.05) is 13.8 Å². The maximum absolute atomic E-state index is 9.97. The van der Waals surface area contributed by atoms with Crippen LogP contribution in [0.3, 0.4) is 0 Å². The molecule has 0 saturated heterocycles. The molecule has 1 atom stereocenters. The molecule has 0 spiro atoms. The van der Waals surface area contributed by atoms with Crippen molar-refractivity contribution in [1.82, 2.24) is 0 Å². The fourth-order valence-corrected chi connectivity index (χ4v) is 3.38. The second kappa shape index (κ2) is 18.7. The van der Waals surface area contributed by atoms with Gasteiger partial charge < -0.3 is 0 Å². The molecule has 0 heterocycles. The first-order valence-electron chi connectivity index (χ1n) is 13.0. The molecule has 0 fully saturated rings. The van der Waals surface area contributed by atoms with Gasteiger partial charge >= 0.3 is 0 Å². The van der Waals surface area contributed by atoms with E-state index >= 15 is 0 Å². The van der Waals surface area contributed by atoms with Crippen LogP contribution in [0.15, 0.2) is 46.7 Å². The van der Waals surface area contributed by atoms with Crippen molar-refractivity contribution in [2.75, 3.05) is 0 Å². The Morgan fingerprint density at radius 2 is 1.42 bits per heavy atom.